The fraction of sp³-hybridized carbons (Fsp3) is 1.00. The van der Waals surface area contributed by atoms with Crippen LogP contribution in [0.25, 0.3) is 0 Å². The van der Waals surface area contributed by atoms with Gasteiger partial charge in [0.1, 0.15) is 0 Å². The first-order chi connectivity index (χ1) is 3.62. The molecule has 0 aromatic rings. The van der Waals surface area contributed by atoms with Crippen LogP contribution >= 0.6 is 0 Å². The third-order valence-corrected chi connectivity index (χ3v) is 2.31. The molecule has 0 aromatic heterocycles. The Labute approximate surface area is 59.4 Å². The number of rotatable bonds is 3. The Kier molecular flexibility index (Phi) is 3.70. The molecule has 0 aliphatic rings. The van der Waals surface area contributed by atoms with Crippen molar-refractivity contribution in [2.24, 2.45) is 0 Å². The average molecular weight is 177 g/mol. The van der Waals surface area contributed by atoms with E-state index in [0.29, 0.717) is 0 Å². The molecule has 0 rings (SSSR count). The van der Waals surface area contributed by atoms with Crippen molar-refractivity contribution < 1.29 is 5.11 Å². The SMILES string of the molecule is CC(C)(CCO)N[As]. The number of hydrogen-bond donors (Lipinski definition) is 2. The zero-order valence-corrected chi connectivity index (χ0v) is 7.19. The maximum absolute atomic E-state index is 8.49. The standard InChI is InChI=1S/C5H12AsNO/c1-5(2,7-6)3-4-8/h7-8H,3-4H2,1-2H3. The monoisotopic (exact) mass is 177 g/mol. The molecule has 0 saturated heterocycles. The third kappa shape index (κ3) is 3.48. The van der Waals surface area contributed by atoms with E-state index in [1.807, 2.05) is 13.8 Å². The molecule has 0 fully saturated rings. The van der Waals surface area contributed by atoms with Gasteiger partial charge in [-0.05, 0) is 0 Å². The first-order valence-electron chi connectivity index (χ1n) is 2.64. The fourth-order valence-corrected chi connectivity index (χ4v) is 0.570. The van der Waals surface area contributed by atoms with Gasteiger partial charge in [-0.2, -0.15) is 0 Å². The van der Waals surface area contributed by atoms with Crippen molar-refractivity contribution in [3.8, 4) is 0 Å². The first kappa shape index (κ1) is 8.48. The second-order valence-electron chi connectivity index (χ2n) is 2.47. The van der Waals surface area contributed by atoms with E-state index in [-0.39, 0.29) is 12.1 Å². The van der Waals surface area contributed by atoms with Crippen LogP contribution in [-0.2, 0) is 0 Å². The molecule has 2 radical (unpaired) electrons. The van der Waals surface area contributed by atoms with Crippen molar-refractivity contribution in [3.63, 3.8) is 0 Å². The summed E-state index contributed by atoms with van der Waals surface area (Å²) in [5.41, 5.74) is 0.0642. The number of aliphatic hydroxyl groups is 1. The molecule has 2 nitrogen and oxygen atoms in total. The van der Waals surface area contributed by atoms with Gasteiger partial charge in [-0.15, -0.1) is 0 Å². The van der Waals surface area contributed by atoms with Crippen LogP contribution < -0.4 is 4.23 Å². The summed E-state index contributed by atoms with van der Waals surface area (Å²) in [7, 11) is 0. The van der Waals surface area contributed by atoms with Gasteiger partial charge >= 0.3 is 58.8 Å². The predicted molar refractivity (Wildman–Crippen MR) is 34.7 cm³/mol. The molecule has 0 aromatic carbocycles. The van der Waals surface area contributed by atoms with Crippen molar-refractivity contribution in [3.05, 3.63) is 0 Å². The molecule has 0 atom stereocenters. The fourth-order valence-electron chi connectivity index (χ4n) is 0.335. The molecular weight excluding hydrogens is 165 g/mol. The van der Waals surface area contributed by atoms with Crippen LogP contribution in [0.1, 0.15) is 20.3 Å². The van der Waals surface area contributed by atoms with Crippen LogP contribution in [0.3, 0.4) is 0 Å². The molecule has 3 heteroatoms. The quantitative estimate of drug-likeness (QED) is 0.586. The summed E-state index contributed by atoms with van der Waals surface area (Å²) in [6.07, 6.45) is 0.793. The third-order valence-electron chi connectivity index (χ3n) is 1.04. The molecular formula is C5H12AsNO. The molecule has 0 bridgehead atoms. The second-order valence-corrected chi connectivity index (χ2v) is 2.94. The van der Waals surface area contributed by atoms with Crippen LogP contribution in [0.2, 0.25) is 0 Å². The van der Waals surface area contributed by atoms with E-state index in [1.165, 1.54) is 0 Å². The average Bonchev–Trinajstić information content (AvgIpc) is 1.67. The molecule has 2 N–H and O–H groups in total. The molecule has 0 saturated carbocycles. The Bertz CT molecular complexity index is 65.4. The van der Waals surface area contributed by atoms with Gasteiger partial charge < -0.3 is 0 Å². The Morgan fingerprint density at radius 3 is 2.25 bits per heavy atom. The summed E-state index contributed by atoms with van der Waals surface area (Å²) < 4.78 is 3.02. The second kappa shape index (κ2) is 3.49. The van der Waals surface area contributed by atoms with Gasteiger partial charge in [-0.3, -0.25) is 0 Å². The molecule has 0 aliphatic heterocycles. The summed E-state index contributed by atoms with van der Waals surface area (Å²) in [6.45, 7) is 4.33. The van der Waals surface area contributed by atoms with E-state index in [0.717, 1.165) is 6.42 Å². The van der Waals surface area contributed by atoms with Gasteiger partial charge in [0, 0.05) is 0 Å². The first-order valence-corrected chi connectivity index (χ1v) is 3.58. The molecule has 0 amide bonds. The molecule has 0 unspecified atom stereocenters. The van der Waals surface area contributed by atoms with E-state index in [4.69, 9.17) is 5.11 Å². The van der Waals surface area contributed by atoms with Crippen molar-refractivity contribution in [1.82, 2.24) is 4.23 Å². The van der Waals surface area contributed by atoms with Gasteiger partial charge in [0.15, 0.2) is 0 Å². The number of nitrogens with one attached hydrogen (secondary N) is 1. The van der Waals surface area contributed by atoms with Crippen molar-refractivity contribution in [2.75, 3.05) is 6.61 Å². The molecule has 48 valence electrons. The Morgan fingerprint density at radius 2 is 2.12 bits per heavy atom. The Morgan fingerprint density at radius 1 is 1.62 bits per heavy atom. The Hall–Kier alpha value is 0.478. The van der Waals surface area contributed by atoms with Crippen LogP contribution in [0.5, 0.6) is 0 Å². The van der Waals surface area contributed by atoms with Crippen molar-refractivity contribution in [1.29, 1.82) is 0 Å². The van der Waals surface area contributed by atoms with Crippen LogP contribution in [-0.4, -0.2) is 34.3 Å². The predicted octanol–water partition coefficient (Wildman–Crippen LogP) is -0.179. The topological polar surface area (TPSA) is 32.3 Å². The zero-order valence-electron chi connectivity index (χ0n) is 5.31. The normalized spacial score (nSPS) is 12.0. The van der Waals surface area contributed by atoms with Gasteiger partial charge in [-0.25, -0.2) is 0 Å². The minimum atomic E-state index is 0.0642. The van der Waals surface area contributed by atoms with Crippen LogP contribution in [0, 0.1) is 0 Å². The van der Waals surface area contributed by atoms with Crippen LogP contribution in [0.15, 0.2) is 0 Å². The van der Waals surface area contributed by atoms with Gasteiger partial charge in [0.2, 0.25) is 0 Å². The zero-order chi connectivity index (χ0) is 6.62. The number of hydrogen-bond acceptors (Lipinski definition) is 2. The Balaban J connectivity index is 3.37. The molecule has 0 spiro atoms. The van der Waals surface area contributed by atoms with Gasteiger partial charge in [-0.1, -0.05) is 0 Å². The summed E-state index contributed by atoms with van der Waals surface area (Å²) in [4.78, 5) is 0. The maximum atomic E-state index is 8.49. The summed E-state index contributed by atoms with van der Waals surface area (Å²) in [5, 5.41) is 8.49. The molecule has 0 aliphatic carbocycles. The van der Waals surface area contributed by atoms with Crippen molar-refractivity contribution in [2.45, 2.75) is 25.8 Å². The van der Waals surface area contributed by atoms with E-state index >= 15 is 0 Å². The van der Waals surface area contributed by atoms with E-state index in [9.17, 15) is 0 Å². The van der Waals surface area contributed by atoms with Crippen molar-refractivity contribution >= 4 is 17.1 Å². The van der Waals surface area contributed by atoms with Crippen LogP contribution in [0.4, 0.5) is 0 Å². The molecule has 8 heavy (non-hydrogen) atoms. The van der Waals surface area contributed by atoms with Gasteiger partial charge in [0.05, 0.1) is 0 Å². The van der Waals surface area contributed by atoms with E-state index < -0.39 is 0 Å². The van der Waals surface area contributed by atoms with E-state index in [1.54, 1.807) is 0 Å². The number of aliphatic hydroxyl groups excluding tert-OH is 1. The summed E-state index contributed by atoms with van der Waals surface area (Å²) in [5.74, 6) is 0. The summed E-state index contributed by atoms with van der Waals surface area (Å²) in [6, 6.07) is 0. The summed E-state index contributed by atoms with van der Waals surface area (Å²) >= 11 is 2.30. The minimum absolute atomic E-state index is 0.0642. The van der Waals surface area contributed by atoms with E-state index in [2.05, 4.69) is 21.3 Å². The van der Waals surface area contributed by atoms with Gasteiger partial charge in [0.25, 0.3) is 0 Å². The molecule has 0 heterocycles.